The van der Waals surface area contributed by atoms with Crippen molar-refractivity contribution < 1.29 is 9.53 Å². The van der Waals surface area contributed by atoms with Gasteiger partial charge in [-0.05, 0) is 42.7 Å². The number of hydrogen-bond acceptors (Lipinski definition) is 3. The molecule has 4 heteroatoms. The molecular formula is C21H22N2O2. The Kier molecular flexibility index (Phi) is 6.36. The van der Waals surface area contributed by atoms with Crippen LogP contribution in [0.5, 0.6) is 5.75 Å². The normalized spacial score (nSPS) is 10.9. The molecule has 0 radical (unpaired) electrons. The van der Waals surface area contributed by atoms with E-state index in [2.05, 4.69) is 6.07 Å². The Balaban J connectivity index is 2.00. The number of likely N-dealkylation sites (N-methyl/N-ethyl adjacent to an activating group) is 1. The number of hydrogen-bond donors (Lipinski definition) is 0. The van der Waals surface area contributed by atoms with Crippen LogP contribution in [0.3, 0.4) is 0 Å². The van der Waals surface area contributed by atoms with Gasteiger partial charge in [0.15, 0.2) is 0 Å². The molecule has 0 saturated heterocycles. The van der Waals surface area contributed by atoms with Crippen LogP contribution in [0, 0.1) is 11.3 Å². The summed E-state index contributed by atoms with van der Waals surface area (Å²) in [5.41, 5.74) is 3.64. The van der Waals surface area contributed by atoms with Crippen molar-refractivity contribution in [2.75, 3.05) is 14.2 Å². The standard InChI is InChI=1S/C21H22N2O2/c1-16(12-19-6-4-5-7-20(19)25-3)13-21(24)23(2)15-18-10-8-17(14-22)9-11-18/h4-11,13H,12,15H2,1-3H3/b16-13+. The van der Waals surface area contributed by atoms with Crippen LogP contribution in [0.25, 0.3) is 0 Å². The Labute approximate surface area is 149 Å². The molecule has 25 heavy (non-hydrogen) atoms. The summed E-state index contributed by atoms with van der Waals surface area (Å²) >= 11 is 0. The van der Waals surface area contributed by atoms with Gasteiger partial charge in [-0.1, -0.05) is 35.9 Å². The van der Waals surface area contributed by atoms with Crippen molar-refractivity contribution in [3.63, 3.8) is 0 Å². The van der Waals surface area contributed by atoms with E-state index >= 15 is 0 Å². The third-order valence-corrected chi connectivity index (χ3v) is 3.91. The number of rotatable bonds is 6. The molecule has 2 rings (SSSR count). The van der Waals surface area contributed by atoms with E-state index in [4.69, 9.17) is 10.00 Å². The zero-order chi connectivity index (χ0) is 18.2. The van der Waals surface area contributed by atoms with Crippen molar-refractivity contribution >= 4 is 5.91 Å². The number of carbonyl (C=O) groups is 1. The Hall–Kier alpha value is -3.06. The van der Waals surface area contributed by atoms with Crippen molar-refractivity contribution in [1.29, 1.82) is 5.26 Å². The van der Waals surface area contributed by atoms with Gasteiger partial charge in [-0.2, -0.15) is 5.26 Å². The number of allylic oxidation sites excluding steroid dienone is 1. The molecule has 0 aliphatic carbocycles. The lowest BCUT2D eigenvalue weighted by molar-refractivity contribution is -0.125. The lowest BCUT2D eigenvalue weighted by atomic mass is 10.0. The highest BCUT2D eigenvalue weighted by atomic mass is 16.5. The van der Waals surface area contributed by atoms with Gasteiger partial charge in [-0.25, -0.2) is 0 Å². The molecule has 2 aromatic carbocycles. The van der Waals surface area contributed by atoms with E-state index in [1.807, 2.05) is 43.3 Å². The average Bonchev–Trinajstić information content (AvgIpc) is 2.62. The minimum absolute atomic E-state index is 0.0447. The zero-order valence-electron chi connectivity index (χ0n) is 14.8. The molecule has 0 aromatic heterocycles. The van der Waals surface area contributed by atoms with Crippen molar-refractivity contribution in [2.45, 2.75) is 19.9 Å². The van der Waals surface area contributed by atoms with Gasteiger partial charge in [-0.15, -0.1) is 0 Å². The van der Waals surface area contributed by atoms with E-state index < -0.39 is 0 Å². The van der Waals surface area contributed by atoms with Crippen LogP contribution in [0.2, 0.25) is 0 Å². The van der Waals surface area contributed by atoms with Crippen molar-refractivity contribution in [3.8, 4) is 11.8 Å². The molecule has 0 fully saturated rings. The lowest BCUT2D eigenvalue weighted by Gasteiger charge is -2.16. The minimum Gasteiger partial charge on any atom is -0.496 e. The van der Waals surface area contributed by atoms with E-state index in [-0.39, 0.29) is 5.91 Å². The summed E-state index contributed by atoms with van der Waals surface area (Å²) in [5.74, 6) is 0.783. The Morgan fingerprint density at radius 3 is 2.52 bits per heavy atom. The van der Waals surface area contributed by atoms with Gasteiger partial charge < -0.3 is 9.64 Å². The topological polar surface area (TPSA) is 53.3 Å². The molecule has 0 bridgehead atoms. The average molecular weight is 334 g/mol. The van der Waals surface area contributed by atoms with Crippen LogP contribution in [0.15, 0.2) is 60.2 Å². The Bertz CT molecular complexity index is 801. The van der Waals surface area contributed by atoms with E-state index in [0.717, 1.165) is 22.4 Å². The molecule has 0 heterocycles. The maximum atomic E-state index is 12.4. The SMILES string of the molecule is COc1ccccc1C/C(C)=C/C(=O)N(C)Cc1ccc(C#N)cc1. The highest BCUT2D eigenvalue weighted by molar-refractivity contribution is 5.88. The first kappa shape index (κ1) is 18.3. The van der Waals surface area contributed by atoms with E-state index in [1.165, 1.54) is 0 Å². The molecule has 0 aliphatic rings. The first-order valence-corrected chi connectivity index (χ1v) is 8.06. The molecule has 0 saturated carbocycles. The minimum atomic E-state index is -0.0447. The van der Waals surface area contributed by atoms with Crippen LogP contribution >= 0.6 is 0 Å². The zero-order valence-corrected chi connectivity index (χ0v) is 14.8. The fourth-order valence-corrected chi connectivity index (χ4v) is 2.56. The van der Waals surface area contributed by atoms with Gasteiger partial charge in [0.25, 0.3) is 0 Å². The predicted molar refractivity (Wildman–Crippen MR) is 98.1 cm³/mol. The summed E-state index contributed by atoms with van der Waals surface area (Å²) in [7, 11) is 3.42. The number of ether oxygens (including phenoxy) is 1. The van der Waals surface area contributed by atoms with Gasteiger partial charge in [0, 0.05) is 19.7 Å². The number of nitriles is 1. The summed E-state index contributed by atoms with van der Waals surface area (Å²) in [6.45, 7) is 2.45. The molecule has 0 spiro atoms. The third kappa shape index (κ3) is 5.22. The van der Waals surface area contributed by atoms with Crippen molar-refractivity contribution in [1.82, 2.24) is 4.90 Å². The molecule has 0 aliphatic heterocycles. The van der Waals surface area contributed by atoms with Gasteiger partial charge in [0.1, 0.15) is 5.75 Å². The molecule has 1 amide bonds. The Morgan fingerprint density at radius 2 is 1.88 bits per heavy atom. The van der Waals surface area contributed by atoms with Crippen LogP contribution in [0.1, 0.15) is 23.6 Å². The predicted octanol–water partition coefficient (Wildman–Crippen LogP) is 3.71. The van der Waals surface area contributed by atoms with Crippen LogP contribution in [-0.2, 0) is 17.8 Å². The summed E-state index contributed by atoms with van der Waals surface area (Å²) in [5, 5.41) is 8.82. The summed E-state index contributed by atoms with van der Waals surface area (Å²) < 4.78 is 5.35. The van der Waals surface area contributed by atoms with E-state index in [1.54, 1.807) is 37.3 Å². The monoisotopic (exact) mass is 334 g/mol. The highest BCUT2D eigenvalue weighted by Gasteiger charge is 2.09. The second kappa shape index (κ2) is 8.70. The largest absolute Gasteiger partial charge is 0.496 e. The van der Waals surface area contributed by atoms with Crippen LogP contribution in [-0.4, -0.2) is 25.0 Å². The number of para-hydroxylation sites is 1. The van der Waals surface area contributed by atoms with E-state index in [0.29, 0.717) is 18.5 Å². The van der Waals surface area contributed by atoms with E-state index in [9.17, 15) is 4.79 Å². The van der Waals surface area contributed by atoms with Gasteiger partial charge in [0.2, 0.25) is 5.91 Å². The molecule has 0 atom stereocenters. The lowest BCUT2D eigenvalue weighted by Crippen LogP contribution is -2.24. The molecule has 2 aromatic rings. The smallest absolute Gasteiger partial charge is 0.246 e. The number of nitrogens with zero attached hydrogens (tertiary/aromatic N) is 2. The molecule has 0 N–H and O–H groups in total. The highest BCUT2D eigenvalue weighted by Crippen LogP contribution is 2.20. The second-order valence-corrected chi connectivity index (χ2v) is 5.98. The van der Waals surface area contributed by atoms with Gasteiger partial charge >= 0.3 is 0 Å². The maximum absolute atomic E-state index is 12.4. The fourth-order valence-electron chi connectivity index (χ4n) is 2.56. The Morgan fingerprint density at radius 1 is 1.20 bits per heavy atom. The van der Waals surface area contributed by atoms with Gasteiger partial charge in [-0.3, -0.25) is 4.79 Å². The first-order valence-electron chi connectivity index (χ1n) is 8.06. The first-order chi connectivity index (χ1) is 12.0. The number of carbonyl (C=O) groups excluding carboxylic acids is 1. The fraction of sp³-hybridized carbons (Fsp3) is 0.238. The van der Waals surface area contributed by atoms with Crippen LogP contribution < -0.4 is 4.74 Å². The quantitative estimate of drug-likeness (QED) is 0.757. The summed E-state index contributed by atoms with van der Waals surface area (Å²) in [4.78, 5) is 14.1. The molecule has 0 unspecified atom stereocenters. The molecule has 4 nitrogen and oxygen atoms in total. The maximum Gasteiger partial charge on any atom is 0.246 e. The number of amides is 1. The van der Waals surface area contributed by atoms with Crippen molar-refractivity contribution in [3.05, 3.63) is 76.9 Å². The third-order valence-electron chi connectivity index (χ3n) is 3.91. The summed E-state index contributed by atoms with van der Waals surface area (Å²) in [6, 6.07) is 17.2. The number of benzene rings is 2. The van der Waals surface area contributed by atoms with Gasteiger partial charge in [0.05, 0.1) is 18.7 Å². The second-order valence-electron chi connectivity index (χ2n) is 5.98. The van der Waals surface area contributed by atoms with Crippen molar-refractivity contribution in [2.24, 2.45) is 0 Å². The van der Waals surface area contributed by atoms with Crippen LogP contribution in [0.4, 0.5) is 0 Å². The number of methoxy groups -OCH3 is 1. The summed E-state index contributed by atoms with van der Waals surface area (Å²) in [6.07, 6.45) is 2.33. The molecular weight excluding hydrogens is 312 g/mol. The molecule has 128 valence electrons.